The van der Waals surface area contributed by atoms with Crippen LogP contribution in [0.4, 0.5) is 5.13 Å². The van der Waals surface area contributed by atoms with Crippen molar-refractivity contribution in [1.29, 1.82) is 0 Å². The van der Waals surface area contributed by atoms with E-state index < -0.39 is 0 Å². The summed E-state index contributed by atoms with van der Waals surface area (Å²) in [5.74, 6) is 0.854. The van der Waals surface area contributed by atoms with E-state index in [-0.39, 0.29) is 18.3 Å². The molecule has 8 heteroatoms. The van der Waals surface area contributed by atoms with Gasteiger partial charge in [0, 0.05) is 30.2 Å². The molecule has 0 bridgehead atoms. The second-order valence-electron chi connectivity index (χ2n) is 7.07. The number of carbonyl (C=O) groups excluding carboxylic acids is 1. The lowest BCUT2D eigenvalue weighted by molar-refractivity contribution is -0.118. The van der Waals surface area contributed by atoms with Gasteiger partial charge in [0.15, 0.2) is 5.13 Å². The van der Waals surface area contributed by atoms with Gasteiger partial charge in [-0.3, -0.25) is 9.69 Å². The maximum absolute atomic E-state index is 13.2. The van der Waals surface area contributed by atoms with E-state index in [1.165, 1.54) is 21.8 Å². The summed E-state index contributed by atoms with van der Waals surface area (Å²) >= 11 is 9.56. The van der Waals surface area contributed by atoms with Crippen molar-refractivity contribution in [2.45, 2.75) is 32.1 Å². The Labute approximate surface area is 204 Å². The van der Waals surface area contributed by atoms with Crippen LogP contribution in [-0.4, -0.2) is 47.7 Å². The molecule has 0 fully saturated rings. The lowest BCUT2D eigenvalue weighted by Gasteiger charge is -2.24. The van der Waals surface area contributed by atoms with Gasteiger partial charge in [-0.2, -0.15) is 0 Å². The van der Waals surface area contributed by atoms with E-state index in [4.69, 9.17) is 16.6 Å². The van der Waals surface area contributed by atoms with E-state index in [0.717, 1.165) is 40.7 Å². The highest BCUT2D eigenvalue weighted by Gasteiger charge is 2.21. The quantitative estimate of drug-likeness (QED) is 0.298. The maximum Gasteiger partial charge on any atom is 0.229 e. The lowest BCUT2D eigenvalue weighted by Crippen LogP contribution is -2.39. The Bertz CT molecular complexity index is 975. The zero-order valence-electron chi connectivity index (χ0n) is 18.1. The van der Waals surface area contributed by atoms with Crippen molar-refractivity contribution in [1.82, 2.24) is 9.88 Å². The minimum absolute atomic E-state index is 0. The Balaban J connectivity index is 0.00000341. The van der Waals surface area contributed by atoms with Crippen molar-refractivity contribution >= 4 is 68.4 Å². The summed E-state index contributed by atoms with van der Waals surface area (Å²) in [5.41, 5.74) is 2.02. The van der Waals surface area contributed by atoms with Crippen LogP contribution in [0, 0.1) is 6.92 Å². The smallest absolute Gasteiger partial charge is 0.229 e. The fraction of sp³-hybridized carbons (Fsp3) is 0.391. The minimum Gasteiger partial charge on any atom is -0.302 e. The van der Waals surface area contributed by atoms with Gasteiger partial charge in [-0.15, -0.1) is 24.2 Å². The maximum atomic E-state index is 13.2. The minimum atomic E-state index is 0. The number of benzene rings is 2. The van der Waals surface area contributed by atoms with Crippen molar-refractivity contribution < 1.29 is 4.79 Å². The molecule has 3 rings (SSSR count). The molecular formula is C23H29Cl2N3OS2. The third-order valence-corrected chi connectivity index (χ3v) is 7.39. The highest BCUT2D eigenvalue weighted by atomic mass is 35.5. The van der Waals surface area contributed by atoms with E-state index in [1.807, 2.05) is 23.1 Å². The summed E-state index contributed by atoms with van der Waals surface area (Å²) < 4.78 is 1.01. The SMILES string of the molecule is CCN(CC)CCN(C(=O)CCSc1ccc(C)cc1)c1nc2c(Cl)cccc2s1.Cl. The molecule has 0 saturated carbocycles. The first-order valence-corrected chi connectivity index (χ1v) is 12.5. The van der Waals surface area contributed by atoms with Crippen LogP contribution < -0.4 is 4.90 Å². The number of halogens is 2. The monoisotopic (exact) mass is 497 g/mol. The molecule has 168 valence electrons. The number of aromatic nitrogens is 1. The number of fused-ring (bicyclic) bond motifs is 1. The van der Waals surface area contributed by atoms with Crippen molar-refractivity contribution in [2.75, 3.05) is 36.8 Å². The second-order valence-corrected chi connectivity index (χ2v) is 9.65. The first kappa shape index (κ1) is 25.9. The van der Waals surface area contributed by atoms with E-state index in [1.54, 1.807) is 11.8 Å². The van der Waals surface area contributed by atoms with Crippen LogP contribution >= 0.6 is 47.1 Å². The molecule has 4 nitrogen and oxygen atoms in total. The molecule has 31 heavy (non-hydrogen) atoms. The van der Waals surface area contributed by atoms with Gasteiger partial charge in [-0.25, -0.2) is 4.98 Å². The number of rotatable bonds is 10. The number of amides is 1. The molecule has 0 unspecified atom stereocenters. The molecule has 1 aromatic heterocycles. The molecule has 0 saturated heterocycles. The number of thioether (sulfide) groups is 1. The number of thiazole rings is 1. The van der Waals surface area contributed by atoms with Crippen LogP contribution in [0.3, 0.4) is 0 Å². The van der Waals surface area contributed by atoms with Crippen molar-refractivity contribution in [2.24, 2.45) is 0 Å². The Kier molecular flexibility index (Phi) is 10.6. The highest BCUT2D eigenvalue weighted by molar-refractivity contribution is 7.99. The molecule has 1 amide bonds. The molecule has 3 aromatic rings. The molecular weight excluding hydrogens is 469 g/mol. The van der Waals surface area contributed by atoms with Crippen LogP contribution in [0.2, 0.25) is 5.02 Å². The summed E-state index contributed by atoms with van der Waals surface area (Å²) in [7, 11) is 0. The summed E-state index contributed by atoms with van der Waals surface area (Å²) in [6.45, 7) is 9.76. The predicted molar refractivity (Wildman–Crippen MR) is 139 cm³/mol. The number of carbonyl (C=O) groups is 1. The first-order chi connectivity index (χ1) is 14.5. The standard InChI is InChI=1S/C23H28ClN3OS2.ClH/c1-4-26(5-2)14-15-27(23-25-22-19(24)7-6-8-20(22)30-23)21(28)13-16-29-18-11-9-17(3)10-12-18;/h6-12H,4-5,13-16H2,1-3H3;1H. The Morgan fingerprint density at radius 2 is 1.81 bits per heavy atom. The average molecular weight is 499 g/mol. The van der Waals surface area contributed by atoms with Crippen LogP contribution in [0.1, 0.15) is 25.8 Å². The van der Waals surface area contributed by atoms with E-state index in [9.17, 15) is 4.79 Å². The van der Waals surface area contributed by atoms with Crippen molar-refractivity contribution in [3.63, 3.8) is 0 Å². The van der Waals surface area contributed by atoms with Gasteiger partial charge in [-0.1, -0.05) is 60.5 Å². The molecule has 0 aliphatic rings. The third kappa shape index (κ3) is 7.09. The van der Waals surface area contributed by atoms with Gasteiger partial charge in [-0.05, 0) is 44.3 Å². The number of hydrogen-bond donors (Lipinski definition) is 0. The fourth-order valence-electron chi connectivity index (χ4n) is 3.15. The van der Waals surface area contributed by atoms with Gasteiger partial charge in [0.1, 0.15) is 5.52 Å². The van der Waals surface area contributed by atoms with Crippen molar-refractivity contribution in [3.8, 4) is 0 Å². The summed E-state index contributed by atoms with van der Waals surface area (Å²) in [5, 5.41) is 1.36. The van der Waals surface area contributed by atoms with Crippen LogP contribution in [0.5, 0.6) is 0 Å². The van der Waals surface area contributed by atoms with Crippen LogP contribution in [0.15, 0.2) is 47.4 Å². The Hall–Kier alpha value is -1.31. The number of para-hydroxylation sites is 1. The number of hydrogen-bond acceptors (Lipinski definition) is 5. The second kappa shape index (κ2) is 12.7. The first-order valence-electron chi connectivity index (χ1n) is 10.3. The van der Waals surface area contributed by atoms with Crippen LogP contribution in [-0.2, 0) is 4.79 Å². The van der Waals surface area contributed by atoms with Crippen LogP contribution in [0.25, 0.3) is 10.2 Å². The van der Waals surface area contributed by atoms with Gasteiger partial charge >= 0.3 is 0 Å². The third-order valence-electron chi connectivity index (χ3n) is 5.03. The zero-order chi connectivity index (χ0) is 21.5. The van der Waals surface area contributed by atoms with E-state index in [0.29, 0.717) is 18.0 Å². The number of nitrogens with zero attached hydrogens (tertiary/aromatic N) is 3. The van der Waals surface area contributed by atoms with E-state index in [2.05, 4.69) is 49.9 Å². The fourth-order valence-corrected chi connectivity index (χ4v) is 5.30. The molecule has 1 heterocycles. The van der Waals surface area contributed by atoms with Gasteiger partial charge in [0.05, 0.1) is 9.72 Å². The molecule has 0 aliphatic heterocycles. The summed E-state index contributed by atoms with van der Waals surface area (Å²) in [6.07, 6.45) is 0.473. The average Bonchev–Trinajstić information content (AvgIpc) is 3.18. The molecule has 0 N–H and O–H groups in total. The number of likely N-dealkylation sites (N-methyl/N-ethyl adjacent to an activating group) is 1. The zero-order valence-corrected chi connectivity index (χ0v) is 21.3. The number of aryl methyl sites for hydroxylation is 1. The molecule has 0 atom stereocenters. The topological polar surface area (TPSA) is 36.4 Å². The summed E-state index contributed by atoms with van der Waals surface area (Å²) in [4.78, 5) is 23.2. The highest BCUT2D eigenvalue weighted by Crippen LogP contribution is 2.33. The lowest BCUT2D eigenvalue weighted by atomic mass is 10.2. The van der Waals surface area contributed by atoms with Gasteiger partial charge in [0.25, 0.3) is 0 Å². The van der Waals surface area contributed by atoms with Gasteiger partial charge < -0.3 is 4.90 Å². The van der Waals surface area contributed by atoms with Crippen molar-refractivity contribution in [3.05, 3.63) is 53.1 Å². The predicted octanol–water partition coefficient (Wildman–Crippen LogP) is 6.54. The molecule has 0 spiro atoms. The molecule has 0 radical (unpaired) electrons. The number of anilines is 1. The van der Waals surface area contributed by atoms with E-state index >= 15 is 0 Å². The Morgan fingerprint density at radius 3 is 2.45 bits per heavy atom. The normalized spacial score (nSPS) is 11.0. The molecule has 2 aromatic carbocycles. The summed E-state index contributed by atoms with van der Waals surface area (Å²) in [6, 6.07) is 14.2. The Morgan fingerprint density at radius 1 is 1.10 bits per heavy atom. The largest absolute Gasteiger partial charge is 0.302 e. The molecule has 0 aliphatic carbocycles. The van der Waals surface area contributed by atoms with Gasteiger partial charge in [0.2, 0.25) is 5.91 Å².